The smallest absolute Gasteiger partial charge is 0.321 e. The monoisotopic (exact) mass is 362 g/mol. The van der Waals surface area contributed by atoms with Crippen molar-refractivity contribution in [2.75, 3.05) is 37.2 Å². The molecule has 0 unspecified atom stereocenters. The van der Waals surface area contributed by atoms with Crippen molar-refractivity contribution in [2.45, 2.75) is 6.42 Å². The molecule has 0 aliphatic carbocycles. The molecule has 1 fully saturated rings. The number of nitrogens with two attached hydrogens (primary N) is 1. The highest BCUT2D eigenvalue weighted by Gasteiger charge is 2.25. The number of hydrogen-bond donors (Lipinski definition) is 2. The molecular weight excluding hydrogens is 344 g/mol. The summed E-state index contributed by atoms with van der Waals surface area (Å²) in [5.74, 6) is -0.0958. The van der Waals surface area contributed by atoms with Crippen LogP contribution in [0.2, 0.25) is 5.02 Å². The lowest BCUT2D eigenvalue weighted by Crippen LogP contribution is -2.39. The van der Waals surface area contributed by atoms with Crippen molar-refractivity contribution in [1.82, 2.24) is 9.80 Å². The minimum absolute atomic E-state index is 0.152. The molecule has 132 valence electrons. The Bertz CT molecular complexity index is 760. The molecule has 0 saturated carbocycles. The van der Waals surface area contributed by atoms with Crippen LogP contribution in [0, 0.1) is 0 Å². The van der Waals surface area contributed by atoms with Gasteiger partial charge in [0.15, 0.2) is 0 Å². The highest BCUT2D eigenvalue weighted by atomic mass is 35.5. The first-order chi connectivity index (χ1) is 12.0. The molecule has 7 nitrogen and oxygen atoms in total. The van der Waals surface area contributed by atoms with Gasteiger partial charge in [0, 0.05) is 43.0 Å². The first-order valence-electron chi connectivity index (χ1n) is 7.98. The van der Waals surface area contributed by atoms with Crippen molar-refractivity contribution in [1.29, 1.82) is 0 Å². The maximum absolute atomic E-state index is 12.5. The lowest BCUT2D eigenvalue weighted by molar-refractivity contribution is 0.0732. The number of carbonyl (C=O) groups excluding carboxylic acids is 2. The summed E-state index contributed by atoms with van der Waals surface area (Å²) in [5, 5.41) is 3.44. The standard InChI is InChI=1S/C17H19ClN4O3/c18-12-2-4-13(5-3-12)20-17(24)22-8-1-7-21(9-10-22)16(23)15-14(19)6-11-25-15/h2-6,11H,1,7-10,19H2,(H,20,24). The van der Waals surface area contributed by atoms with Crippen LogP contribution in [-0.4, -0.2) is 47.9 Å². The van der Waals surface area contributed by atoms with E-state index in [1.54, 1.807) is 40.1 Å². The van der Waals surface area contributed by atoms with Gasteiger partial charge in [-0.25, -0.2) is 4.79 Å². The summed E-state index contributed by atoms with van der Waals surface area (Å²) in [6.45, 7) is 1.97. The summed E-state index contributed by atoms with van der Waals surface area (Å²) in [6, 6.07) is 8.27. The Morgan fingerprint density at radius 3 is 2.40 bits per heavy atom. The van der Waals surface area contributed by atoms with E-state index in [1.165, 1.54) is 6.26 Å². The third-order valence-electron chi connectivity index (χ3n) is 4.06. The van der Waals surface area contributed by atoms with Crippen LogP contribution >= 0.6 is 11.6 Å². The summed E-state index contributed by atoms with van der Waals surface area (Å²) >= 11 is 5.84. The summed E-state index contributed by atoms with van der Waals surface area (Å²) in [6.07, 6.45) is 2.08. The Morgan fingerprint density at radius 2 is 1.72 bits per heavy atom. The van der Waals surface area contributed by atoms with E-state index < -0.39 is 0 Å². The molecule has 3 N–H and O–H groups in total. The topological polar surface area (TPSA) is 91.8 Å². The first-order valence-corrected chi connectivity index (χ1v) is 8.36. The van der Waals surface area contributed by atoms with Crippen LogP contribution in [0.15, 0.2) is 41.0 Å². The Hall–Kier alpha value is -2.67. The SMILES string of the molecule is Nc1ccoc1C(=O)N1CCCN(C(=O)Nc2ccc(Cl)cc2)CC1. The fourth-order valence-corrected chi connectivity index (χ4v) is 2.82. The Kier molecular flexibility index (Phi) is 5.14. The Morgan fingerprint density at radius 1 is 1.04 bits per heavy atom. The van der Waals surface area contributed by atoms with E-state index in [1.807, 2.05) is 0 Å². The number of anilines is 2. The van der Waals surface area contributed by atoms with Crippen LogP contribution in [0.25, 0.3) is 0 Å². The predicted molar refractivity (Wildman–Crippen MR) is 95.7 cm³/mol. The average Bonchev–Trinajstić information content (AvgIpc) is 2.88. The minimum atomic E-state index is -0.248. The van der Waals surface area contributed by atoms with Crippen molar-refractivity contribution >= 4 is 34.9 Å². The van der Waals surface area contributed by atoms with Gasteiger partial charge < -0.3 is 25.3 Å². The number of nitrogens with zero attached hydrogens (tertiary/aromatic N) is 2. The molecule has 8 heteroatoms. The van der Waals surface area contributed by atoms with Crippen molar-refractivity contribution < 1.29 is 14.0 Å². The molecule has 1 aliphatic rings. The molecular formula is C17H19ClN4O3. The molecule has 1 aromatic carbocycles. The fraction of sp³-hybridized carbons (Fsp3) is 0.294. The quantitative estimate of drug-likeness (QED) is 0.859. The number of amides is 3. The molecule has 2 heterocycles. The zero-order valence-electron chi connectivity index (χ0n) is 13.6. The highest BCUT2D eigenvalue weighted by Crippen LogP contribution is 2.17. The Balaban J connectivity index is 1.59. The minimum Gasteiger partial charge on any atom is -0.457 e. The van der Waals surface area contributed by atoms with Crippen LogP contribution in [0.3, 0.4) is 0 Å². The Labute approximate surface area is 150 Å². The second kappa shape index (κ2) is 7.48. The van der Waals surface area contributed by atoms with Gasteiger partial charge >= 0.3 is 6.03 Å². The number of carbonyl (C=O) groups is 2. The van der Waals surface area contributed by atoms with Crippen LogP contribution in [0.4, 0.5) is 16.2 Å². The third kappa shape index (κ3) is 4.06. The summed E-state index contributed by atoms with van der Waals surface area (Å²) in [7, 11) is 0. The molecule has 25 heavy (non-hydrogen) atoms. The fourth-order valence-electron chi connectivity index (χ4n) is 2.70. The van der Waals surface area contributed by atoms with Crippen molar-refractivity contribution in [3.05, 3.63) is 47.4 Å². The van der Waals surface area contributed by atoms with E-state index in [4.69, 9.17) is 21.8 Å². The van der Waals surface area contributed by atoms with E-state index in [2.05, 4.69) is 5.32 Å². The third-order valence-corrected chi connectivity index (χ3v) is 4.31. The zero-order valence-corrected chi connectivity index (χ0v) is 14.3. The van der Waals surface area contributed by atoms with Gasteiger partial charge in [-0.3, -0.25) is 4.79 Å². The number of halogens is 1. The lowest BCUT2D eigenvalue weighted by Gasteiger charge is -2.22. The van der Waals surface area contributed by atoms with E-state index in [9.17, 15) is 9.59 Å². The molecule has 0 atom stereocenters. The molecule has 3 amide bonds. The molecule has 1 aliphatic heterocycles. The number of rotatable bonds is 2. The average molecular weight is 363 g/mol. The molecule has 0 bridgehead atoms. The number of urea groups is 1. The number of nitrogens with one attached hydrogen (secondary N) is 1. The van der Waals surface area contributed by atoms with Crippen molar-refractivity contribution in [2.24, 2.45) is 0 Å². The predicted octanol–water partition coefficient (Wildman–Crippen LogP) is 2.90. The van der Waals surface area contributed by atoms with Gasteiger partial charge in [-0.2, -0.15) is 0 Å². The van der Waals surface area contributed by atoms with E-state index in [-0.39, 0.29) is 17.7 Å². The van der Waals surface area contributed by atoms with E-state index in [0.29, 0.717) is 49.0 Å². The second-order valence-electron chi connectivity index (χ2n) is 5.77. The zero-order chi connectivity index (χ0) is 17.8. The molecule has 1 aromatic heterocycles. The molecule has 3 rings (SSSR count). The van der Waals surface area contributed by atoms with E-state index in [0.717, 1.165) is 0 Å². The first kappa shape index (κ1) is 17.2. The number of nitrogen functional groups attached to an aromatic ring is 1. The maximum Gasteiger partial charge on any atom is 0.321 e. The van der Waals surface area contributed by atoms with Gasteiger partial charge in [-0.1, -0.05) is 11.6 Å². The number of hydrogen-bond acceptors (Lipinski definition) is 4. The summed E-state index contributed by atoms with van der Waals surface area (Å²) in [5.41, 5.74) is 6.74. The van der Waals surface area contributed by atoms with Gasteiger partial charge in [0.2, 0.25) is 5.76 Å². The normalized spacial score (nSPS) is 14.9. The molecule has 2 aromatic rings. The van der Waals surface area contributed by atoms with Crippen LogP contribution in [0.1, 0.15) is 17.0 Å². The van der Waals surface area contributed by atoms with Gasteiger partial charge in [0.05, 0.1) is 12.0 Å². The highest BCUT2D eigenvalue weighted by molar-refractivity contribution is 6.30. The van der Waals surface area contributed by atoms with Crippen LogP contribution in [-0.2, 0) is 0 Å². The van der Waals surface area contributed by atoms with Crippen molar-refractivity contribution in [3.8, 4) is 0 Å². The summed E-state index contributed by atoms with van der Waals surface area (Å²) < 4.78 is 5.16. The van der Waals surface area contributed by atoms with Crippen LogP contribution < -0.4 is 11.1 Å². The lowest BCUT2D eigenvalue weighted by atomic mass is 10.3. The van der Waals surface area contributed by atoms with Gasteiger partial charge in [0.25, 0.3) is 5.91 Å². The van der Waals surface area contributed by atoms with Crippen LogP contribution in [0.5, 0.6) is 0 Å². The second-order valence-corrected chi connectivity index (χ2v) is 6.21. The van der Waals surface area contributed by atoms with Gasteiger partial charge in [-0.05, 0) is 30.7 Å². The molecule has 1 saturated heterocycles. The summed E-state index contributed by atoms with van der Waals surface area (Å²) in [4.78, 5) is 28.2. The van der Waals surface area contributed by atoms with Gasteiger partial charge in [-0.15, -0.1) is 0 Å². The molecule has 0 spiro atoms. The number of furan rings is 1. The van der Waals surface area contributed by atoms with Gasteiger partial charge in [0.1, 0.15) is 0 Å². The molecule has 0 radical (unpaired) electrons. The van der Waals surface area contributed by atoms with Crippen molar-refractivity contribution in [3.63, 3.8) is 0 Å². The number of benzene rings is 1. The largest absolute Gasteiger partial charge is 0.457 e. The van der Waals surface area contributed by atoms with E-state index >= 15 is 0 Å². The maximum atomic E-state index is 12.5.